The van der Waals surface area contributed by atoms with Gasteiger partial charge >= 0.3 is 5.97 Å². The van der Waals surface area contributed by atoms with Crippen molar-refractivity contribution >= 4 is 16.0 Å². The molecule has 0 bridgehead atoms. The van der Waals surface area contributed by atoms with E-state index < -0.39 is 10.0 Å². The summed E-state index contributed by atoms with van der Waals surface area (Å²) in [5, 5.41) is 0. The molecular formula is C14H21NO4S. The highest BCUT2D eigenvalue weighted by Crippen LogP contribution is 2.12. The van der Waals surface area contributed by atoms with Gasteiger partial charge in [0.15, 0.2) is 0 Å². The molecule has 6 heteroatoms. The van der Waals surface area contributed by atoms with Crippen molar-refractivity contribution in [2.45, 2.75) is 31.6 Å². The number of carbonyl (C=O) groups is 1. The Labute approximate surface area is 120 Å². The van der Waals surface area contributed by atoms with Crippen molar-refractivity contribution in [2.75, 3.05) is 13.7 Å². The van der Waals surface area contributed by atoms with Gasteiger partial charge in [0.1, 0.15) is 0 Å². The summed E-state index contributed by atoms with van der Waals surface area (Å²) in [6.45, 7) is 4.42. The lowest BCUT2D eigenvalue weighted by Crippen LogP contribution is -2.28. The van der Waals surface area contributed by atoms with Crippen molar-refractivity contribution in [3.63, 3.8) is 0 Å². The summed E-state index contributed by atoms with van der Waals surface area (Å²) in [4.78, 5) is 11.3. The minimum Gasteiger partial charge on any atom is -0.469 e. The summed E-state index contributed by atoms with van der Waals surface area (Å²) in [6, 6.07) is 6.23. The van der Waals surface area contributed by atoms with Gasteiger partial charge in [-0.1, -0.05) is 32.4 Å². The van der Waals surface area contributed by atoms with Crippen LogP contribution in [0.1, 0.15) is 25.8 Å². The molecule has 1 aromatic rings. The molecular weight excluding hydrogens is 278 g/mol. The Kier molecular flexibility index (Phi) is 6.16. The summed E-state index contributed by atoms with van der Waals surface area (Å²) in [5.41, 5.74) is 0.720. The van der Waals surface area contributed by atoms with Crippen LogP contribution in [-0.2, 0) is 26.0 Å². The van der Waals surface area contributed by atoms with Crippen LogP contribution in [-0.4, -0.2) is 28.0 Å². The summed E-state index contributed by atoms with van der Waals surface area (Å²) in [7, 11) is -2.16. The van der Waals surface area contributed by atoms with Gasteiger partial charge in [-0.25, -0.2) is 13.1 Å². The number of ether oxygens (including phenoxy) is 1. The minimum atomic E-state index is -3.48. The molecule has 0 saturated carbocycles. The lowest BCUT2D eigenvalue weighted by molar-refractivity contribution is -0.139. The van der Waals surface area contributed by atoms with E-state index in [1.54, 1.807) is 12.1 Å². The molecule has 1 aromatic carbocycles. The normalized spacial score (nSPS) is 12.9. The highest BCUT2D eigenvalue weighted by Gasteiger charge is 2.14. The molecule has 1 rings (SSSR count). The molecule has 5 nitrogen and oxygen atoms in total. The Morgan fingerprint density at radius 1 is 1.30 bits per heavy atom. The molecule has 1 N–H and O–H groups in total. The smallest absolute Gasteiger partial charge is 0.309 e. The lowest BCUT2D eigenvalue weighted by Gasteiger charge is -2.11. The average Bonchev–Trinajstić information content (AvgIpc) is 2.45. The van der Waals surface area contributed by atoms with E-state index in [-0.39, 0.29) is 17.3 Å². The van der Waals surface area contributed by atoms with E-state index in [2.05, 4.69) is 9.46 Å². The van der Waals surface area contributed by atoms with Crippen molar-refractivity contribution < 1.29 is 17.9 Å². The first-order valence-electron chi connectivity index (χ1n) is 6.54. The van der Waals surface area contributed by atoms with Crippen LogP contribution < -0.4 is 4.72 Å². The number of hydrogen-bond donors (Lipinski definition) is 1. The number of sulfonamides is 1. The lowest BCUT2D eigenvalue weighted by atomic mass is 10.1. The van der Waals surface area contributed by atoms with Crippen molar-refractivity contribution in [1.82, 2.24) is 4.72 Å². The molecule has 0 aliphatic heterocycles. The van der Waals surface area contributed by atoms with Gasteiger partial charge in [0.2, 0.25) is 10.0 Å². The van der Waals surface area contributed by atoms with Crippen LogP contribution >= 0.6 is 0 Å². The van der Waals surface area contributed by atoms with Crippen LogP contribution in [0.4, 0.5) is 0 Å². The fraction of sp³-hybridized carbons (Fsp3) is 0.500. The first kappa shape index (κ1) is 16.7. The van der Waals surface area contributed by atoms with Crippen LogP contribution in [0.25, 0.3) is 0 Å². The summed E-state index contributed by atoms with van der Waals surface area (Å²) in [6.07, 6.45) is 1.05. The molecule has 0 aliphatic carbocycles. The van der Waals surface area contributed by atoms with Gasteiger partial charge in [-0.15, -0.1) is 0 Å². The van der Waals surface area contributed by atoms with E-state index in [9.17, 15) is 13.2 Å². The predicted octanol–water partition coefficient (Wildman–Crippen LogP) is 1.73. The third-order valence-electron chi connectivity index (χ3n) is 3.13. The fourth-order valence-corrected chi connectivity index (χ4v) is 2.67. The van der Waals surface area contributed by atoms with Crippen LogP contribution in [0.2, 0.25) is 0 Å². The van der Waals surface area contributed by atoms with Crippen molar-refractivity contribution in [1.29, 1.82) is 0 Å². The second kappa shape index (κ2) is 7.40. The SMILES string of the molecule is CCC(C)CNS(=O)(=O)c1ccc(CC(=O)OC)cc1. The van der Waals surface area contributed by atoms with Crippen molar-refractivity contribution in [3.8, 4) is 0 Å². The molecule has 0 spiro atoms. The zero-order chi connectivity index (χ0) is 15.2. The number of esters is 1. The number of hydrogen-bond acceptors (Lipinski definition) is 4. The van der Waals surface area contributed by atoms with Gasteiger partial charge in [-0.3, -0.25) is 4.79 Å². The van der Waals surface area contributed by atoms with Gasteiger partial charge in [0.05, 0.1) is 18.4 Å². The molecule has 0 amide bonds. The maximum Gasteiger partial charge on any atom is 0.309 e. The predicted molar refractivity (Wildman–Crippen MR) is 76.8 cm³/mol. The van der Waals surface area contributed by atoms with Gasteiger partial charge in [-0.2, -0.15) is 0 Å². The molecule has 112 valence electrons. The molecule has 0 radical (unpaired) electrons. The zero-order valence-corrected chi connectivity index (χ0v) is 12.9. The number of rotatable bonds is 7. The number of nitrogens with one attached hydrogen (secondary N) is 1. The maximum absolute atomic E-state index is 12.0. The van der Waals surface area contributed by atoms with Crippen LogP contribution in [0.5, 0.6) is 0 Å². The van der Waals surface area contributed by atoms with Gasteiger partial charge in [0.25, 0.3) is 0 Å². The summed E-state index contributed by atoms with van der Waals surface area (Å²) < 4.78 is 31.2. The molecule has 1 unspecified atom stereocenters. The van der Waals surface area contributed by atoms with E-state index in [0.29, 0.717) is 12.5 Å². The van der Waals surface area contributed by atoms with Crippen molar-refractivity contribution in [3.05, 3.63) is 29.8 Å². The third kappa shape index (κ3) is 4.94. The fourth-order valence-electron chi connectivity index (χ4n) is 1.50. The second-order valence-corrected chi connectivity index (χ2v) is 6.53. The second-order valence-electron chi connectivity index (χ2n) is 4.76. The first-order valence-corrected chi connectivity index (χ1v) is 8.02. The average molecular weight is 299 g/mol. The third-order valence-corrected chi connectivity index (χ3v) is 4.57. The standard InChI is InChI=1S/C14H21NO4S/c1-4-11(2)10-15-20(17,18)13-7-5-12(6-8-13)9-14(16)19-3/h5-8,11,15H,4,9-10H2,1-3H3. The molecule has 0 aromatic heterocycles. The van der Waals surface area contributed by atoms with Crippen LogP contribution in [0.3, 0.4) is 0 Å². The highest BCUT2D eigenvalue weighted by atomic mass is 32.2. The van der Waals surface area contributed by atoms with Crippen LogP contribution in [0.15, 0.2) is 29.2 Å². The Morgan fingerprint density at radius 3 is 2.40 bits per heavy atom. The molecule has 0 fully saturated rings. The molecule has 0 aliphatic rings. The van der Waals surface area contributed by atoms with Gasteiger partial charge in [0, 0.05) is 6.54 Å². The molecule has 20 heavy (non-hydrogen) atoms. The highest BCUT2D eigenvalue weighted by molar-refractivity contribution is 7.89. The monoisotopic (exact) mass is 299 g/mol. The zero-order valence-electron chi connectivity index (χ0n) is 12.0. The van der Waals surface area contributed by atoms with E-state index in [1.807, 2.05) is 13.8 Å². The van der Waals surface area contributed by atoms with E-state index in [0.717, 1.165) is 12.0 Å². The number of methoxy groups -OCH3 is 1. The Balaban J connectivity index is 2.74. The maximum atomic E-state index is 12.0. The molecule has 0 heterocycles. The Hall–Kier alpha value is -1.40. The summed E-state index contributed by atoms with van der Waals surface area (Å²) >= 11 is 0. The van der Waals surface area contributed by atoms with E-state index in [1.165, 1.54) is 19.2 Å². The van der Waals surface area contributed by atoms with E-state index >= 15 is 0 Å². The number of carbonyl (C=O) groups excluding carboxylic acids is 1. The first-order chi connectivity index (χ1) is 9.39. The van der Waals surface area contributed by atoms with Crippen molar-refractivity contribution in [2.24, 2.45) is 5.92 Å². The Morgan fingerprint density at radius 2 is 1.90 bits per heavy atom. The summed E-state index contributed by atoms with van der Waals surface area (Å²) in [5.74, 6) is -0.0566. The molecule has 0 saturated heterocycles. The van der Waals surface area contributed by atoms with Gasteiger partial charge < -0.3 is 4.74 Å². The Bertz CT molecular complexity index is 537. The largest absolute Gasteiger partial charge is 0.469 e. The van der Waals surface area contributed by atoms with Crippen LogP contribution in [0, 0.1) is 5.92 Å². The van der Waals surface area contributed by atoms with E-state index in [4.69, 9.17) is 0 Å². The minimum absolute atomic E-state index is 0.136. The topological polar surface area (TPSA) is 72.5 Å². The van der Waals surface area contributed by atoms with Gasteiger partial charge in [-0.05, 0) is 23.6 Å². The number of benzene rings is 1. The molecule has 1 atom stereocenters. The quantitative estimate of drug-likeness (QED) is 0.778.